The third-order valence-corrected chi connectivity index (χ3v) is 4.37. The van der Waals surface area contributed by atoms with E-state index in [0.717, 1.165) is 18.5 Å². The first-order chi connectivity index (χ1) is 9.10. The third-order valence-electron chi connectivity index (χ3n) is 2.96. The molecule has 2 unspecified atom stereocenters. The summed E-state index contributed by atoms with van der Waals surface area (Å²) in [4.78, 5) is 0. The van der Waals surface area contributed by atoms with Crippen molar-refractivity contribution in [2.75, 3.05) is 13.7 Å². The van der Waals surface area contributed by atoms with Crippen LogP contribution in [-0.2, 0) is 0 Å². The largest absolute Gasteiger partial charge is 0.493 e. The molecule has 1 aromatic rings. The molecule has 3 nitrogen and oxygen atoms in total. The molecule has 1 aliphatic rings. The maximum absolute atomic E-state index is 12.4. The van der Waals surface area contributed by atoms with E-state index in [1.807, 2.05) is 6.07 Å². The summed E-state index contributed by atoms with van der Waals surface area (Å²) in [6.07, 6.45) is 1.11. The van der Waals surface area contributed by atoms with Crippen molar-refractivity contribution in [1.29, 1.82) is 0 Å². The van der Waals surface area contributed by atoms with Gasteiger partial charge in [0.1, 0.15) is 0 Å². The fourth-order valence-electron chi connectivity index (χ4n) is 2.01. The van der Waals surface area contributed by atoms with Crippen molar-refractivity contribution in [3.05, 3.63) is 23.8 Å². The summed E-state index contributed by atoms with van der Waals surface area (Å²) < 4.78 is 34.3. The highest BCUT2D eigenvalue weighted by Gasteiger charge is 2.22. The lowest BCUT2D eigenvalue weighted by Crippen LogP contribution is -2.28. The zero-order valence-corrected chi connectivity index (χ0v) is 11.7. The lowest BCUT2D eigenvalue weighted by molar-refractivity contribution is -0.0512. The van der Waals surface area contributed by atoms with Crippen molar-refractivity contribution in [2.24, 2.45) is 0 Å². The number of hydrogen-bond donors (Lipinski definition) is 1. The molecule has 1 aliphatic heterocycles. The van der Waals surface area contributed by atoms with Gasteiger partial charge in [0, 0.05) is 5.25 Å². The molecule has 1 N–H and O–H groups in total. The minimum absolute atomic E-state index is 0.0793. The van der Waals surface area contributed by atoms with Crippen molar-refractivity contribution in [3.8, 4) is 11.5 Å². The summed E-state index contributed by atoms with van der Waals surface area (Å²) in [6, 6.07) is 5.15. The Labute approximate surface area is 115 Å². The maximum Gasteiger partial charge on any atom is 0.387 e. The molecule has 0 bridgehead atoms. The van der Waals surface area contributed by atoms with Crippen LogP contribution in [-0.4, -0.2) is 25.5 Å². The predicted octanol–water partition coefficient (Wildman–Crippen LogP) is 3.41. The Morgan fingerprint density at radius 2 is 2.16 bits per heavy atom. The number of thioether (sulfide) groups is 1. The number of benzene rings is 1. The van der Waals surface area contributed by atoms with Gasteiger partial charge >= 0.3 is 6.61 Å². The standard InChI is InChI=1S/C13H17F2NO2S/c1-8-5-6-16-12(19-8)9-3-4-10(17-2)11(7-9)18-13(14)15/h3-4,7-8,12-13,16H,5-6H2,1-2H3. The molecule has 1 heterocycles. The van der Waals surface area contributed by atoms with Crippen molar-refractivity contribution < 1.29 is 18.3 Å². The van der Waals surface area contributed by atoms with Gasteiger partial charge in [-0.25, -0.2) is 0 Å². The maximum atomic E-state index is 12.4. The van der Waals surface area contributed by atoms with E-state index in [9.17, 15) is 8.78 Å². The Hall–Kier alpha value is -1.01. The number of halogens is 2. The summed E-state index contributed by atoms with van der Waals surface area (Å²) >= 11 is 1.79. The number of alkyl halides is 2. The van der Waals surface area contributed by atoms with Gasteiger partial charge in [0.05, 0.1) is 12.5 Å². The van der Waals surface area contributed by atoms with E-state index in [-0.39, 0.29) is 11.1 Å². The van der Waals surface area contributed by atoms with Gasteiger partial charge in [-0.05, 0) is 30.7 Å². The molecule has 6 heteroatoms. The summed E-state index contributed by atoms with van der Waals surface area (Å²) in [6.45, 7) is 0.240. The van der Waals surface area contributed by atoms with Crippen LogP contribution in [0.1, 0.15) is 24.3 Å². The Morgan fingerprint density at radius 1 is 1.37 bits per heavy atom. The van der Waals surface area contributed by atoms with Crippen LogP contribution in [0.2, 0.25) is 0 Å². The molecule has 19 heavy (non-hydrogen) atoms. The van der Waals surface area contributed by atoms with Gasteiger partial charge in [0.25, 0.3) is 0 Å². The van der Waals surface area contributed by atoms with E-state index in [0.29, 0.717) is 11.0 Å². The van der Waals surface area contributed by atoms with Crippen molar-refractivity contribution in [1.82, 2.24) is 5.32 Å². The van der Waals surface area contributed by atoms with Crippen molar-refractivity contribution in [3.63, 3.8) is 0 Å². The number of nitrogens with one attached hydrogen (secondary N) is 1. The topological polar surface area (TPSA) is 30.5 Å². The number of rotatable bonds is 4. The molecule has 1 fully saturated rings. The first-order valence-corrected chi connectivity index (χ1v) is 7.06. The molecule has 1 aromatic carbocycles. The molecule has 106 valence electrons. The van der Waals surface area contributed by atoms with Crippen LogP contribution in [0.25, 0.3) is 0 Å². The lowest BCUT2D eigenvalue weighted by atomic mass is 10.2. The average molecular weight is 289 g/mol. The normalized spacial score (nSPS) is 23.4. The molecular formula is C13H17F2NO2S. The SMILES string of the molecule is COc1ccc(C2NCCC(C)S2)cc1OC(F)F. The van der Waals surface area contributed by atoms with Gasteiger partial charge in [-0.15, -0.1) is 11.8 Å². The van der Waals surface area contributed by atoms with E-state index in [1.165, 1.54) is 7.11 Å². The Kier molecular flexibility index (Phi) is 4.87. The summed E-state index contributed by atoms with van der Waals surface area (Å²) in [5, 5.41) is 4.02. The Morgan fingerprint density at radius 3 is 2.79 bits per heavy atom. The van der Waals surface area contributed by atoms with Crippen LogP contribution in [0.3, 0.4) is 0 Å². The van der Waals surface area contributed by atoms with Gasteiger partial charge in [-0.3, -0.25) is 0 Å². The highest BCUT2D eigenvalue weighted by molar-refractivity contribution is 8.00. The van der Waals surface area contributed by atoms with Gasteiger partial charge in [-0.2, -0.15) is 8.78 Å². The molecule has 0 spiro atoms. The molecule has 2 rings (SSSR count). The number of methoxy groups -OCH3 is 1. The summed E-state index contributed by atoms with van der Waals surface area (Å²) in [7, 11) is 1.43. The fraction of sp³-hybridized carbons (Fsp3) is 0.538. The van der Waals surface area contributed by atoms with Crippen LogP contribution in [0.15, 0.2) is 18.2 Å². The van der Waals surface area contributed by atoms with Gasteiger partial charge in [0.15, 0.2) is 11.5 Å². The van der Waals surface area contributed by atoms with Gasteiger partial charge < -0.3 is 14.8 Å². The lowest BCUT2D eigenvalue weighted by Gasteiger charge is -2.28. The van der Waals surface area contributed by atoms with Crippen molar-refractivity contribution >= 4 is 11.8 Å². The highest BCUT2D eigenvalue weighted by Crippen LogP contribution is 2.38. The third kappa shape index (κ3) is 3.73. The molecule has 2 atom stereocenters. The Bertz CT molecular complexity index is 431. The van der Waals surface area contributed by atoms with E-state index in [1.54, 1.807) is 23.9 Å². The van der Waals surface area contributed by atoms with Gasteiger partial charge in [-0.1, -0.05) is 13.0 Å². The van der Waals surface area contributed by atoms with E-state index >= 15 is 0 Å². The van der Waals surface area contributed by atoms with Crippen LogP contribution >= 0.6 is 11.8 Å². The first kappa shape index (κ1) is 14.4. The zero-order chi connectivity index (χ0) is 13.8. The van der Waals surface area contributed by atoms with Crippen molar-refractivity contribution in [2.45, 2.75) is 30.6 Å². The van der Waals surface area contributed by atoms with E-state index in [2.05, 4.69) is 17.0 Å². The van der Waals surface area contributed by atoms with Crippen LogP contribution in [0, 0.1) is 0 Å². The quantitative estimate of drug-likeness (QED) is 0.920. The summed E-state index contributed by atoms with van der Waals surface area (Å²) in [5.41, 5.74) is 0.924. The second-order valence-corrected chi connectivity index (χ2v) is 5.91. The molecule has 0 aromatic heterocycles. The van der Waals surface area contributed by atoms with Crippen LogP contribution in [0.4, 0.5) is 8.78 Å². The minimum atomic E-state index is -2.85. The molecule has 0 saturated carbocycles. The van der Waals surface area contributed by atoms with E-state index in [4.69, 9.17) is 4.74 Å². The second-order valence-electron chi connectivity index (χ2n) is 4.36. The Balaban J connectivity index is 2.21. The molecule has 0 radical (unpaired) electrons. The molecule has 0 amide bonds. The van der Waals surface area contributed by atoms with Gasteiger partial charge in [0.2, 0.25) is 0 Å². The number of ether oxygens (including phenoxy) is 2. The zero-order valence-electron chi connectivity index (χ0n) is 10.9. The number of hydrogen-bond acceptors (Lipinski definition) is 4. The fourth-order valence-corrected chi connectivity index (χ4v) is 3.24. The van der Waals surface area contributed by atoms with E-state index < -0.39 is 6.61 Å². The van der Waals surface area contributed by atoms with Crippen LogP contribution in [0.5, 0.6) is 11.5 Å². The molecular weight excluding hydrogens is 272 g/mol. The minimum Gasteiger partial charge on any atom is -0.493 e. The highest BCUT2D eigenvalue weighted by atomic mass is 32.2. The second kappa shape index (κ2) is 6.43. The van der Waals surface area contributed by atoms with Crippen LogP contribution < -0.4 is 14.8 Å². The average Bonchev–Trinajstić information content (AvgIpc) is 2.38. The summed E-state index contributed by atoms with van der Waals surface area (Å²) in [5.74, 6) is 0.397. The predicted molar refractivity (Wildman–Crippen MR) is 72.0 cm³/mol. The monoisotopic (exact) mass is 289 g/mol. The molecule has 1 saturated heterocycles. The molecule has 0 aliphatic carbocycles. The first-order valence-electron chi connectivity index (χ1n) is 6.11. The smallest absolute Gasteiger partial charge is 0.387 e.